The molecule has 0 saturated heterocycles. The van der Waals surface area contributed by atoms with Crippen LogP contribution in [-0.4, -0.2) is 21.6 Å². The Bertz CT molecular complexity index is 674. The Kier molecular flexibility index (Phi) is 5.20. The van der Waals surface area contributed by atoms with Gasteiger partial charge < -0.3 is 10.4 Å². The molecule has 1 atom stereocenters. The fourth-order valence-corrected chi connectivity index (χ4v) is 2.15. The monoisotopic (exact) mass is 325 g/mol. The van der Waals surface area contributed by atoms with Gasteiger partial charge in [-0.25, -0.2) is 9.97 Å². The van der Waals surface area contributed by atoms with Crippen LogP contribution in [0.4, 0.5) is 19.1 Å². The zero-order valence-electron chi connectivity index (χ0n) is 12.9. The maximum Gasteiger partial charge on any atom is 0.416 e. The van der Waals surface area contributed by atoms with Gasteiger partial charge in [0.25, 0.3) is 0 Å². The highest BCUT2D eigenvalue weighted by Crippen LogP contribution is 2.30. The van der Waals surface area contributed by atoms with Crippen molar-refractivity contribution in [3.8, 4) is 0 Å². The van der Waals surface area contributed by atoms with Crippen LogP contribution in [-0.2, 0) is 12.6 Å². The van der Waals surface area contributed by atoms with Gasteiger partial charge in [0.15, 0.2) is 0 Å². The maximum absolute atomic E-state index is 12.7. The molecule has 0 fully saturated rings. The number of hydrogen-bond acceptors (Lipinski definition) is 4. The molecule has 0 saturated carbocycles. The Labute approximate surface area is 132 Å². The number of benzene rings is 1. The maximum atomic E-state index is 12.7. The van der Waals surface area contributed by atoms with Gasteiger partial charge in [0.05, 0.1) is 11.7 Å². The summed E-state index contributed by atoms with van der Waals surface area (Å²) in [5, 5.41) is 12.9. The summed E-state index contributed by atoms with van der Waals surface area (Å²) in [4.78, 5) is 8.40. The second-order valence-corrected chi connectivity index (χ2v) is 5.20. The average molecular weight is 325 g/mol. The molecule has 0 aliphatic rings. The van der Waals surface area contributed by atoms with Gasteiger partial charge in [-0.1, -0.05) is 19.1 Å². The molecule has 124 valence electrons. The minimum Gasteiger partial charge on any atom is -0.387 e. The number of rotatable bonds is 5. The molecule has 1 aromatic carbocycles. The third-order valence-electron chi connectivity index (χ3n) is 3.46. The van der Waals surface area contributed by atoms with E-state index in [9.17, 15) is 18.3 Å². The number of aromatic nitrogens is 2. The zero-order chi connectivity index (χ0) is 17.0. The number of alkyl halides is 3. The fourth-order valence-electron chi connectivity index (χ4n) is 2.15. The fraction of sp³-hybridized carbons (Fsp3) is 0.375. The van der Waals surface area contributed by atoms with Crippen LogP contribution in [0.25, 0.3) is 0 Å². The van der Waals surface area contributed by atoms with Crippen molar-refractivity contribution < 1.29 is 18.3 Å². The minimum atomic E-state index is -4.43. The highest BCUT2D eigenvalue weighted by atomic mass is 19.4. The smallest absolute Gasteiger partial charge is 0.387 e. The molecule has 0 aliphatic heterocycles. The van der Waals surface area contributed by atoms with Gasteiger partial charge in [0, 0.05) is 18.4 Å². The Morgan fingerprint density at radius 2 is 2.04 bits per heavy atom. The van der Waals surface area contributed by atoms with Crippen LogP contribution in [0.5, 0.6) is 0 Å². The largest absolute Gasteiger partial charge is 0.416 e. The molecule has 0 radical (unpaired) electrons. The van der Waals surface area contributed by atoms with Gasteiger partial charge in [0.2, 0.25) is 5.95 Å². The molecule has 2 rings (SSSR count). The molecular formula is C16H18F3N3O. The van der Waals surface area contributed by atoms with Gasteiger partial charge in [-0.3, -0.25) is 0 Å². The van der Waals surface area contributed by atoms with E-state index in [0.717, 1.165) is 29.8 Å². The summed E-state index contributed by atoms with van der Waals surface area (Å²) in [6, 6.07) is 4.65. The van der Waals surface area contributed by atoms with Crippen LogP contribution in [0.15, 0.2) is 30.5 Å². The zero-order valence-corrected chi connectivity index (χ0v) is 12.9. The van der Waals surface area contributed by atoms with Crippen molar-refractivity contribution in [2.24, 2.45) is 0 Å². The number of hydrogen-bond donors (Lipinski definition) is 2. The molecule has 1 aromatic heterocycles. The molecule has 1 unspecified atom stereocenters. The van der Waals surface area contributed by atoms with Crippen molar-refractivity contribution >= 4 is 5.95 Å². The Morgan fingerprint density at radius 1 is 1.30 bits per heavy atom. The lowest BCUT2D eigenvalue weighted by molar-refractivity contribution is -0.137. The molecule has 1 heterocycles. The Hall–Kier alpha value is -2.15. The highest BCUT2D eigenvalue weighted by molar-refractivity contribution is 5.32. The van der Waals surface area contributed by atoms with E-state index in [1.54, 1.807) is 6.20 Å². The first-order valence-electron chi connectivity index (χ1n) is 7.23. The Morgan fingerprint density at radius 3 is 2.70 bits per heavy atom. The first-order valence-corrected chi connectivity index (χ1v) is 7.23. The minimum absolute atomic E-state index is 0.0214. The van der Waals surface area contributed by atoms with Crippen LogP contribution in [0, 0.1) is 6.92 Å². The third kappa shape index (κ3) is 4.41. The summed E-state index contributed by atoms with van der Waals surface area (Å²) < 4.78 is 38.1. The molecule has 0 spiro atoms. The van der Waals surface area contributed by atoms with Gasteiger partial charge in [-0.05, 0) is 36.6 Å². The first-order chi connectivity index (χ1) is 10.8. The SMILES string of the molecule is CCc1nc(NCC(O)c2cccc(C(F)(F)F)c2)ncc1C. The molecule has 7 heteroatoms. The van der Waals surface area contributed by atoms with Crippen molar-refractivity contribution in [1.82, 2.24) is 9.97 Å². The molecule has 0 aliphatic carbocycles. The van der Waals surface area contributed by atoms with Crippen LogP contribution in [0.1, 0.15) is 35.4 Å². The van der Waals surface area contributed by atoms with Crippen LogP contribution in [0.3, 0.4) is 0 Å². The van der Waals surface area contributed by atoms with Crippen molar-refractivity contribution in [3.63, 3.8) is 0 Å². The second-order valence-electron chi connectivity index (χ2n) is 5.20. The topological polar surface area (TPSA) is 58.0 Å². The van der Waals surface area contributed by atoms with E-state index in [-0.39, 0.29) is 12.1 Å². The average Bonchev–Trinajstić information content (AvgIpc) is 2.53. The van der Waals surface area contributed by atoms with E-state index in [2.05, 4.69) is 15.3 Å². The van der Waals surface area contributed by atoms with Crippen LogP contribution in [0.2, 0.25) is 0 Å². The first kappa shape index (κ1) is 17.2. The number of anilines is 1. The van der Waals surface area contributed by atoms with E-state index in [4.69, 9.17) is 0 Å². The molecular weight excluding hydrogens is 307 g/mol. The summed E-state index contributed by atoms with van der Waals surface area (Å²) >= 11 is 0. The molecule has 23 heavy (non-hydrogen) atoms. The standard InChI is InChI=1S/C16H18F3N3O/c1-3-13-10(2)8-20-15(22-13)21-9-14(23)11-5-4-6-12(7-11)16(17,18)19/h4-8,14,23H,3,9H2,1-2H3,(H,20,21,22). The predicted octanol–water partition coefficient (Wildman–Crippen LogP) is 3.51. The lowest BCUT2D eigenvalue weighted by atomic mass is 10.1. The Balaban J connectivity index is 2.06. The van der Waals surface area contributed by atoms with E-state index >= 15 is 0 Å². The molecule has 2 N–H and O–H groups in total. The van der Waals surface area contributed by atoms with Gasteiger partial charge in [-0.2, -0.15) is 13.2 Å². The summed E-state index contributed by atoms with van der Waals surface area (Å²) in [5.41, 5.74) is 1.26. The number of aryl methyl sites for hydroxylation is 2. The molecule has 0 bridgehead atoms. The van der Waals surface area contributed by atoms with Gasteiger partial charge in [-0.15, -0.1) is 0 Å². The van der Waals surface area contributed by atoms with Crippen molar-refractivity contribution in [1.29, 1.82) is 0 Å². The van der Waals surface area contributed by atoms with Gasteiger partial charge in [0.1, 0.15) is 0 Å². The summed E-state index contributed by atoms with van der Waals surface area (Å²) in [6.45, 7) is 3.89. The van der Waals surface area contributed by atoms with Crippen LogP contribution < -0.4 is 5.32 Å². The van der Waals surface area contributed by atoms with Crippen molar-refractivity contribution in [3.05, 3.63) is 52.8 Å². The normalized spacial score (nSPS) is 13.0. The summed E-state index contributed by atoms with van der Waals surface area (Å²) in [5.74, 6) is 0.346. The molecule has 2 aromatic rings. The van der Waals surface area contributed by atoms with E-state index in [0.29, 0.717) is 5.95 Å². The summed E-state index contributed by atoms with van der Waals surface area (Å²) in [7, 11) is 0. The lowest BCUT2D eigenvalue weighted by Gasteiger charge is -2.15. The van der Waals surface area contributed by atoms with Crippen molar-refractivity contribution in [2.45, 2.75) is 32.5 Å². The van der Waals surface area contributed by atoms with Crippen LogP contribution >= 0.6 is 0 Å². The van der Waals surface area contributed by atoms with E-state index in [1.807, 2.05) is 13.8 Å². The summed E-state index contributed by atoms with van der Waals surface area (Å²) in [6.07, 6.45) is -3.10. The highest BCUT2D eigenvalue weighted by Gasteiger charge is 2.30. The van der Waals surface area contributed by atoms with E-state index < -0.39 is 17.8 Å². The van der Waals surface area contributed by atoms with Gasteiger partial charge >= 0.3 is 6.18 Å². The van der Waals surface area contributed by atoms with Crippen molar-refractivity contribution in [2.75, 3.05) is 11.9 Å². The molecule has 4 nitrogen and oxygen atoms in total. The number of nitrogens with one attached hydrogen (secondary N) is 1. The van der Waals surface area contributed by atoms with E-state index in [1.165, 1.54) is 12.1 Å². The number of halogens is 3. The third-order valence-corrected chi connectivity index (χ3v) is 3.46. The quantitative estimate of drug-likeness (QED) is 0.883. The molecule has 0 amide bonds. The number of aliphatic hydroxyl groups excluding tert-OH is 1. The number of nitrogens with zero attached hydrogens (tertiary/aromatic N) is 2. The number of aliphatic hydroxyl groups is 1. The second kappa shape index (κ2) is 6.95. The predicted molar refractivity (Wildman–Crippen MR) is 81.0 cm³/mol. The lowest BCUT2D eigenvalue weighted by Crippen LogP contribution is -2.15.